The average molecular weight is 462 g/mol. The Morgan fingerprint density at radius 2 is 1.18 bits per heavy atom. The average Bonchev–Trinajstić information content (AvgIpc) is 3.41. The van der Waals surface area contributed by atoms with Crippen molar-refractivity contribution >= 4 is 22.1 Å². The molecule has 0 atom stereocenters. The number of aromatic amines is 2. The third-order valence-corrected chi connectivity index (χ3v) is 4.96. The topological polar surface area (TPSA) is 171 Å². The molecule has 0 aliphatic heterocycles. The van der Waals surface area contributed by atoms with E-state index in [0.717, 1.165) is 0 Å². The lowest BCUT2D eigenvalue weighted by Crippen LogP contribution is -2.02. The molecular weight excluding hydrogens is 448 g/mol. The first kappa shape index (κ1) is 20.7. The Balaban J connectivity index is 1.55. The van der Waals surface area contributed by atoms with E-state index in [1.807, 2.05) is 6.07 Å². The molecule has 5 aromatic rings. The van der Waals surface area contributed by atoms with Crippen molar-refractivity contribution in [3.05, 3.63) is 74.8 Å². The standard InChI is InChI=1S/C21H14N6O7/c1-32-15-7-11(20-22-16-4-2-13(33-26(28)29)9-18(16)24-20)6-12(8-15)21-23-17-5-3-14(34-27(30)31)10-19(17)25-21/h2-10H,1H3,(H,22,24)(H,23,25). The lowest BCUT2D eigenvalue weighted by molar-refractivity contribution is -0.711. The fourth-order valence-electron chi connectivity index (χ4n) is 3.53. The molecule has 0 bridgehead atoms. The summed E-state index contributed by atoms with van der Waals surface area (Å²) in [6.45, 7) is 0. The van der Waals surface area contributed by atoms with Crippen LogP contribution in [0.4, 0.5) is 0 Å². The normalized spacial score (nSPS) is 11.0. The summed E-state index contributed by atoms with van der Waals surface area (Å²) in [5.41, 5.74) is 3.66. The molecule has 170 valence electrons. The number of methoxy groups -OCH3 is 1. The zero-order chi connectivity index (χ0) is 23.8. The number of aromatic nitrogens is 4. The Hall–Kier alpha value is -5.20. The fourth-order valence-corrected chi connectivity index (χ4v) is 3.53. The van der Waals surface area contributed by atoms with Gasteiger partial charge in [0, 0.05) is 11.1 Å². The van der Waals surface area contributed by atoms with Crippen molar-refractivity contribution < 1.29 is 24.6 Å². The number of ether oxygens (including phenoxy) is 1. The summed E-state index contributed by atoms with van der Waals surface area (Å²) in [6.07, 6.45) is 0. The zero-order valence-corrected chi connectivity index (χ0v) is 17.3. The number of rotatable bonds is 7. The Morgan fingerprint density at radius 3 is 1.59 bits per heavy atom. The van der Waals surface area contributed by atoms with Crippen molar-refractivity contribution in [1.29, 1.82) is 0 Å². The minimum atomic E-state index is -0.882. The smallest absolute Gasteiger partial charge is 0.299 e. The first-order valence-corrected chi connectivity index (χ1v) is 9.72. The number of hydrogen-bond donors (Lipinski definition) is 2. The summed E-state index contributed by atoms with van der Waals surface area (Å²) in [5, 5.41) is 19.4. The molecule has 2 aromatic heterocycles. The summed E-state index contributed by atoms with van der Waals surface area (Å²) in [5.74, 6) is 1.70. The summed E-state index contributed by atoms with van der Waals surface area (Å²) in [6, 6.07) is 14.5. The van der Waals surface area contributed by atoms with Crippen LogP contribution in [0.25, 0.3) is 44.8 Å². The Bertz CT molecular complexity index is 1460. The highest BCUT2D eigenvalue weighted by molar-refractivity contribution is 5.84. The lowest BCUT2D eigenvalue weighted by atomic mass is 10.1. The maximum Gasteiger partial charge on any atom is 0.299 e. The molecule has 2 N–H and O–H groups in total. The monoisotopic (exact) mass is 462 g/mol. The van der Waals surface area contributed by atoms with E-state index in [1.54, 1.807) is 24.3 Å². The molecule has 0 amide bonds. The molecular formula is C21H14N6O7. The fraction of sp³-hybridized carbons (Fsp3) is 0.0476. The van der Waals surface area contributed by atoms with E-state index in [9.17, 15) is 20.2 Å². The van der Waals surface area contributed by atoms with E-state index < -0.39 is 10.2 Å². The van der Waals surface area contributed by atoms with Crippen LogP contribution in [-0.4, -0.2) is 37.2 Å². The predicted octanol–water partition coefficient (Wildman–Crippen LogP) is 3.92. The van der Waals surface area contributed by atoms with Crippen LogP contribution in [-0.2, 0) is 0 Å². The third kappa shape index (κ3) is 4.00. The number of nitrogens with one attached hydrogen (secondary N) is 2. The van der Waals surface area contributed by atoms with Gasteiger partial charge >= 0.3 is 0 Å². The van der Waals surface area contributed by atoms with Crippen molar-refractivity contribution in [1.82, 2.24) is 19.9 Å². The molecule has 2 heterocycles. The van der Waals surface area contributed by atoms with Gasteiger partial charge in [-0.2, -0.15) is 0 Å². The van der Waals surface area contributed by atoms with Gasteiger partial charge in [-0.3, -0.25) is 9.68 Å². The molecule has 0 aliphatic rings. The van der Waals surface area contributed by atoms with E-state index in [-0.39, 0.29) is 11.5 Å². The summed E-state index contributed by atoms with van der Waals surface area (Å²) in [7, 11) is 1.53. The molecule has 0 unspecified atom stereocenters. The highest BCUT2D eigenvalue weighted by Crippen LogP contribution is 2.32. The molecule has 0 aliphatic carbocycles. The summed E-state index contributed by atoms with van der Waals surface area (Å²) >= 11 is 0. The zero-order valence-electron chi connectivity index (χ0n) is 17.3. The maximum atomic E-state index is 10.6. The first-order valence-electron chi connectivity index (χ1n) is 9.72. The van der Waals surface area contributed by atoms with E-state index in [0.29, 0.717) is 50.6 Å². The van der Waals surface area contributed by atoms with Gasteiger partial charge in [-0.15, -0.1) is 20.2 Å². The molecule has 0 spiro atoms. The number of imidazole rings is 2. The van der Waals surface area contributed by atoms with E-state index in [2.05, 4.69) is 29.6 Å². The van der Waals surface area contributed by atoms with Crippen LogP contribution in [0.1, 0.15) is 0 Å². The second-order valence-corrected chi connectivity index (χ2v) is 7.11. The Labute approximate surface area is 189 Å². The molecule has 3 aromatic carbocycles. The molecule has 0 saturated carbocycles. The van der Waals surface area contributed by atoms with Gasteiger partial charge in [0.05, 0.1) is 29.2 Å². The van der Waals surface area contributed by atoms with Crippen LogP contribution in [0.2, 0.25) is 0 Å². The van der Waals surface area contributed by atoms with E-state index in [4.69, 9.17) is 4.74 Å². The van der Waals surface area contributed by atoms with E-state index >= 15 is 0 Å². The molecule has 0 fully saturated rings. The number of nitrogens with zero attached hydrogens (tertiary/aromatic N) is 4. The van der Waals surface area contributed by atoms with Crippen molar-refractivity contribution in [2.45, 2.75) is 0 Å². The van der Waals surface area contributed by atoms with Crippen molar-refractivity contribution in [2.75, 3.05) is 7.11 Å². The first-order chi connectivity index (χ1) is 16.4. The second kappa shape index (κ2) is 8.05. The molecule has 13 nitrogen and oxygen atoms in total. The Kier molecular flexibility index (Phi) is 4.90. The second-order valence-electron chi connectivity index (χ2n) is 7.11. The van der Waals surface area contributed by atoms with Crippen LogP contribution in [0.3, 0.4) is 0 Å². The quantitative estimate of drug-likeness (QED) is 0.268. The summed E-state index contributed by atoms with van der Waals surface area (Å²) in [4.78, 5) is 45.6. The molecule has 0 saturated heterocycles. The van der Waals surface area contributed by atoms with Crippen molar-refractivity contribution in [3.8, 4) is 40.0 Å². The maximum absolute atomic E-state index is 10.6. The van der Waals surface area contributed by atoms with Crippen LogP contribution in [0, 0.1) is 20.2 Å². The minimum Gasteiger partial charge on any atom is -0.497 e. The van der Waals surface area contributed by atoms with Gasteiger partial charge in [0.2, 0.25) is 0 Å². The van der Waals surface area contributed by atoms with E-state index in [1.165, 1.54) is 31.4 Å². The molecule has 34 heavy (non-hydrogen) atoms. The van der Waals surface area contributed by atoms with Gasteiger partial charge in [-0.25, -0.2) is 9.97 Å². The number of hydrogen-bond acceptors (Lipinski definition) is 9. The van der Waals surface area contributed by atoms with Crippen molar-refractivity contribution in [2.24, 2.45) is 0 Å². The molecule has 5 rings (SSSR count). The van der Waals surface area contributed by atoms with Gasteiger partial charge in [0.25, 0.3) is 10.2 Å². The highest BCUT2D eigenvalue weighted by atomic mass is 17.0. The third-order valence-electron chi connectivity index (χ3n) is 4.96. The number of H-pyrrole nitrogens is 2. The number of benzene rings is 3. The van der Waals surface area contributed by atoms with Crippen molar-refractivity contribution in [3.63, 3.8) is 0 Å². The van der Waals surface area contributed by atoms with Crippen LogP contribution in [0.5, 0.6) is 17.2 Å². The number of fused-ring (bicyclic) bond motifs is 2. The van der Waals surface area contributed by atoms with Gasteiger partial charge in [-0.1, -0.05) is 0 Å². The van der Waals surface area contributed by atoms with Crippen LogP contribution in [0.15, 0.2) is 54.6 Å². The largest absolute Gasteiger partial charge is 0.497 e. The highest BCUT2D eigenvalue weighted by Gasteiger charge is 2.14. The van der Waals surface area contributed by atoms with Crippen LogP contribution < -0.4 is 14.4 Å². The van der Waals surface area contributed by atoms with Crippen LogP contribution >= 0.6 is 0 Å². The minimum absolute atomic E-state index is 0.0711. The van der Waals surface area contributed by atoms with Gasteiger partial charge in [0.1, 0.15) is 28.9 Å². The molecule has 0 radical (unpaired) electrons. The lowest BCUT2D eigenvalue weighted by Gasteiger charge is -2.06. The van der Waals surface area contributed by atoms with Gasteiger partial charge < -0.3 is 14.7 Å². The van der Waals surface area contributed by atoms with Gasteiger partial charge in [-0.05, 0) is 54.6 Å². The summed E-state index contributed by atoms with van der Waals surface area (Å²) < 4.78 is 5.44. The predicted molar refractivity (Wildman–Crippen MR) is 118 cm³/mol. The Morgan fingerprint density at radius 1 is 0.706 bits per heavy atom. The molecule has 13 heteroatoms. The van der Waals surface area contributed by atoms with Gasteiger partial charge in [0.15, 0.2) is 0 Å². The SMILES string of the molecule is COc1cc(-c2nc3ccc(O[N+](=O)[O-])cc3[nH]2)cc(-c2nc3ccc(O[N+](=O)[O-])cc3[nH]2)c1.